The first-order valence-corrected chi connectivity index (χ1v) is 5.70. The van der Waals surface area contributed by atoms with E-state index in [0.29, 0.717) is 23.4 Å². The SMILES string of the molecule is CCOC(=O)c1[nH]c2ccnc(CCl)c2c1N. The van der Waals surface area contributed by atoms with Crippen LogP contribution < -0.4 is 5.73 Å². The van der Waals surface area contributed by atoms with Gasteiger partial charge in [0.15, 0.2) is 0 Å². The number of ether oxygens (including phenoxy) is 1. The highest BCUT2D eigenvalue weighted by molar-refractivity contribution is 6.18. The Morgan fingerprint density at radius 2 is 2.41 bits per heavy atom. The summed E-state index contributed by atoms with van der Waals surface area (Å²) in [6.45, 7) is 2.04. The van der Waals surface area contributed by atoms with Crippen LogP contribution in [0, 0.1) is 0 Å². The molecule has 5 nitrogen and oxygen atoms in total. The number of alkyl halides is 1. The maximum absolute atomic E-state index is 11.6. The molecule has 2 heterocycles. The predicted molar refractivity (Wildman–Crippen MR) is 66.0 cm³/mol. The van der Waals surface area contributed by atoms with Crippen LogP contribution in [0.4, 0.5) is 5.69 Å². The number of pyridine rings is 1. The number of nitrogens with zero attached hydrogens (tertiary/aromatic N) is 1. The number of nitrogen functional groups attached to an aromatic ring is 1. The van der Waals surface area contributed by atoms with Gasteiger partial charge in [0.05, 0.1) is 29.4 Å². The molecular formula is C11H12ClN3O2. The van der Waals surface area contributed by atoms with Crippen LogP contribution in [0.2, 0.25) is 0 Å². The maximum Gasteiger partial charge on any atom is 0.356 e. The van der Waals surface area contributed by atoms with Gasteiger partial charge in [0, 0.05) is 11.6 Å². The lowest BCUT2D eigenvalue weighted by atomic mass is 10.2. The number of fused-ring (bicyclic) bond motifs is 1. The highest BCUT2D eigenvalue weighted by atomic mass is 35.5. The number of aromatic amines is 1. The Balaban J connectivity index is 2.61. The van der Waals surface area contributed by atoms with Gasteiger partial charge in [-0.05, 0) is 13.0 Å². The number of carbonyl (C=O) groups excluding carboxylic acids is 1. The lowest BCUT2D eigenvalue weighted by molar-refractivity contribution is 0.0522. The molecule has 0 aromatic carbocycles. The van der Waals surface area contributed by atoms with E-state index in [-0.39, 0.29) is 11.6 Å². The molecule has 0 aliphatic rings. The number of hydrogen-bond acceptors (Lipinski definition) is 4. The summed E-state index contributed by atoms with van der Waals surface area (Å²) in [5, 5.41) is 0.686. The summed E-state index contributed by atoms with van der Waals surface area (Å²) >= 11 is 5.78. The summed E-state index contributed by atoms with van der Waals surface area (Å²) in [5.74, 6) is -0.233. The highest BCUT2D eigenvalue weighted by Crippen LogP contribution is 2.28. The molecule has 0 spiro atoms. The lowest BCUT2D eigenvalue weighted by Crippen LogP contribution is -2.07. The van der Waals surface area contributed by atoms with Crippen LogP contribution in [0.1, 0.15) is 23.1 Å². The molecule has 0 saturated heterocycles. The van der Waals surface area contributed by atoms with Crippen molar-refractivity contribution >= 4 is 34.2 Å². The van der Waals surface area contributed by atoms with E-state index >= 15 is 0 Å². The largest absolute Gasteiger partial charge is 0.461 e. The number of nitrogens with one attached hydrogen (secondary N) is 1. The van der Waals surface area contributed by atoms with Gasteiger partial charge >= 0.3 is 5.97 Å². The first-order chi connectivity index (χ1) is 8.19. The predicted octanol–water partition coefficient (Wildman–Crippen LogP) is 2.06. The summed E-state index contributed by atoms with van der Waals surface area (Å²) in [6.07, 6.45) is 1.62. The van der Waals surface area contributed by atoms with Crippen LogP contribution in [-0.4, -0.2) is 22.5 Å². The number of nitrogens with two attached hydrogens (primary N) is 1. The van der Waals surface area contributed by atoms with E-state index in [9.17, 15) is 4.79 Å². The van der Waals surface area contributed by atoms with E-state index in [0.717, 1.165) is 5.52 Å². The molecule has 0 amide bonds. The summed E-state index contributed by atoms with van der Waals surface area (Å²) in [7, 11) is 0. The van der Waals surface area contributed by atoms with Crippen molar-refractivity contribution in [1.29, 1.82) is 0 Å². The van der Waals surface area contributed by atoms with Crippen LogP contribution in [0.3, 0.4) is 0 Å². The smallest absolute Gasteiger partial charge is 0.356 e. The summed E-state index contributed by atoms with van der Waals surface area (Å²) in [4.78, 5) is 18.7. The number of hydrogen-bond donors (Lipinski definition) is 2. The monoisotopic (exact) mass is 253 g/mol. The molecule has 3 N–H and O–H groups in total. The van der Waals surface area contributed by atoms with Gasteiger partial charge in [0.1, 0.15) is 5.69 Å². The Morgan fingerprint density at radius 3 is 3.06 bits per heavy atom. The minimum absolute atomic E-state index is 0.238. The van der Waals surface area contributed by atoms with Crippen molar-refractivity contribution in [3.63, 3.8) is 0 Å². The first-order valence-electron chi connectivity index (χ1n) is 5.17. The zero-order valence-electron chi connectivity index (χ0n) is 9.29. The van der Waals surface area contributed by atoms with Crippen molar-refractivity contribution in [1.82, 2.24) is 9.97 Å². The summed E-state index contributed by atoms with van der Waals surface area (Å²) < 4.78 is 4.91. The molecule has 2 aromatic heterocycles. The topological polar surface area (TPSA) is 81.0 Å². The molecule has 0 radical (unpaired) electrons. The zero-order chi connectivity index (χ0) is 12.4. The third-order valence-corrected chi connectivity index (χ3v) is 2.69. The Kier molecular flexibility index (Phi) is 3.19. The average Bonchev–Trinajstić information content (AvgIpc) is 2.67. The molecule has 17 heavy (non-hydrogen) atoms. The van der Waals surface area contributed by atoms with Crippen molar-refractivity contribution in [3.05, 3.63) is 23.7 Å². The van der Waals surface area contributed by atoms with Crippen LogP contribution >= 0.6 is 11.6 Å². The average molecular weight is 254 g/mol. The summed E-state index contributed by atoms with van der Waals surface area (Å²) in [6, 6.07) is 1.74. The second kappa shape index (κ2) is 4.63. The van der Waals surface area contributed by atoms with Crippen LogP contribution in [-0.2, 0) is 10.6 Å². The number of halogens is 1. The molecule has 0 saturated carbocycles. The number of rotatable bonds is 3. The minimum atomic E-state index is -0.471. The number of H-pyrrole nitrogens is 1. The maximum atomic E-state index is 11.6. The van der Waals surface area contributed by atoms with Gasteiger partial charge in [0.2, 0.25) is 0 Å². The fraction of sp³-hybridized carbons (Fsp3) is 0.273. The van der Waals surface area contributed by atoms with Gasteiger partial charge in [-0.15, -0.1) is 11.6 Å². The van der Waals surface area contributed by atoms with Crippen molar-refractivity contribution in [2.75, 3.05) is 12.3 Å². The van der Waals surface area contributed by atoms with Gasteiger partial charge in [-0.3, -0.25) is 4.98 Å². The molecule has 0 aliphatic heterocycles. The minimum Gasteiger partial charge on any atom is -0.461 e. The Labute approximate surface area is 103 Å². The van der Waals surface area contributed by atoms with Crippen LogP contribution in [0.15, 0.2) is 12.3 Å². The van der Waals surface area contributed by atoms with Crippen LogP contribution in [0.25, 0.3) is 10.9 Å². The molecule has 2 aromatic rings. The Bertz CT molecular complexity index is 565. The quantitative estimate of drug-likeness (QED) is 0.648. The molecule has 0 aliphatic carbocycles. The zero-order valence-corrected chi connectivity index (χ0v) is 10.0. The fourth-order valence-electron chi connectivity index (χ4n) is 1.70. The van der Waals surface area contributed by atoms with Gasteiger partial charge in [0.25, 0.3) is 0 Å². The third kappa shape index (κ3) is 1.93. The Hall–Kier alpha value is -1.75. The van der Waals surface area contributed by atoms with E-state index in [1.807, 2.05) is 0 Å². The van der Waals surface area contributed by atoms with Gasteiger partial charge in [-0.2, -0.15) is 0 Å². The lowest BCUT2D eigenvalue weighted by Gasteiger charge is -2.00. The van der Waals surface area contributed by atoms with Crippen molar-refractivity contribution in [2.24, 2.45) is 0 Å². The standard InChI is InChI=1S/C11H12ClN3O2/c1-2-17-11(16)10-9(13)8-6(15-10)3-4-14-7(8)5-12/h3-4,15H,2,5,13H2,1H3. The first kappa shape index (κ1) is 11.7. The molecule has 2 rings (SSSR count). The van der Waals surface area contributed by atoms with Crippen molar-refractivity contribution < 1.29 is 9.53 Å². The van der Waals surface area contributed by atoms with E-state index in [1.165, 1.54) is 0 Å². The molecule has 6 heteroatoms. The third-order valence-electron chi connectivity index (χ3n) is 2.43. The molecule has 90 valence electrons. The number of carbonyl (C=O) groups is 1. The van der Waals surface area contributed by atoms with Gasteiger partial charge in [-0.25, -0.2) is 4.79 Å². The second-order valence-corrected chi connectivity index (χ2v) is 3.72. The molecule has 0 bridgehead atoms. The van der Waals surface area contributed by atoms with Crippen molar-refractivity contribution in [3.8, 4) is 0 Å². The van der Waals surface area contributed by atoms with Crippen LogP contribution in [0.5, 0.6) is 0 Å². The van der Waals surface area contributed by atoms with E-state index < -0.39 is 5.97 Å². The summed E-state index contributed by atoms with van der Waals surface area (Å²) in [5.41, 5.74) is 7.88. The number of esters is 1. The van der Waals surface area contributed by atoms with Crippen molar-refractivity contribution in [2.45, 2.75) is 12.8 Å². The number of anilines is 1. The highest BCUT2D eigenvalue weighted by Gasteiger charge is 2.18. The molecule has 0 unspecified atom stereocenters. The Morgan fingerprint density at radius 1 is 1.65 bits per heavy atom. The normalized spacial score (nSPS) is 10.7. The van der Waals surface area contributed by atoms with E-state index in [4.69, 9.17) is 22.1 Å². The number of aromatic nitrogens is 2. The fourth-order valence-corrected chi connectivity index (χ4v) is 1.91. The molecule has 0 atom stereocenters. The van der Waals surface area contributed by atoms with E-state index in [1.54, 1.807) is 19.2 Å². The second-order valence-electron chi connectivity index (χ2n) is 3.45. The molecular weight excluding hydrogens is 242 g/mol. The van der Waals surface area contributed by atoms with Gasteiger partial charge < -0.3 is 15.5 Å². The van der Waals surface area contributed by atoms with E-state index in [2.05, 4.69) is 9.97 Å². The van der Waals surface area contributed by atoms with Gasteiger partial charge in [-0.1, -0.05) is 0 Å². The molecule has 0 fully saturated rings.